The Balaban J connectivity index is 0. The van der Waals surface area contributed by atoms with Crippen molar-refractivity contribution in [2.24, 2.45) is 0 Å². The summed E-state index contributed by atoms with van der Waals surface area (Å²) in [6.07, 6.45) is 6.84. The van der Waals surface area contributed by atoms with Gasteiger partial charge in [0.1, 0.15) is 0 Å². The van der Waals surface area contributed by atoms with E-state index in [2.05, 4.69) is 19.6 Å². The van der Waals surface area contributed by atoms with Crippen LogP contribution in [0.3, 0.4) is 0 Å². The van der Waals surface area contributed by atoms with Crippen molar-refractivity contribution in [1.29, 1.82) is 0 Å². The van der Waals surface area contributed by atoms with Gasteiger partial charge < -0.3 is 0 Å². The summed E-state index contributed by atoms with van der Waals surface area (Å²) in [6.45, 7) is 6.44. The quantitative estimate of drug-likeness (QED) is 0.237. The molecule has 1 nitrogen and oxygen atoms in total. The van der Waals surface area contributed by atoms with Gasteiger partial charge in [-0.25, -0.2) is 0 Å². The molecule has 72 valence electrons. The number of hydrogen-bond donors (Lipinski definition) is 0. The Kier molecular flexibility index (Phi) is 9.58. The largest absolute Gasteiger partial charge is 1.00 e. The summed E-state index contributed by atoms with van der Waals surface area (Å²) in [7, 11) is 0. The summed E-state index contributed by atoms with van der Waals surface area (Å²) >= 11 is 0. The fourth-order valence-corrected chi connectivity index (χ4v) is 0.841. The first kappa shape index (κ1) is 14.7. The van der Waals surface area contributed by atoms with Gasteiger partial charge in [0.25, 0.3) is 6.61 Å². The van der Waals surface area contributed by atoms with Crippen LogP contribution in [0.5, 0.6) is 0 Å². The molecule has 0 aromatic carbocycles. The van der Waals surface area contributed by atoms with Gasteiger partial charge in [0.05, 0.1) is 0 Å². The molecule has 0 aliphatic carbocycles. The van der Waals surface area contributed by atoms with Crippen LogP contribution in [0.2, 0.25) is 0 Å². The van der Waals surface area contributed by atoms with Gasteiger partial charge in [-0.3, -0.25) is 4.42 Å². The number of carbonyl (C=O) groups excluding carboxylic acids is 1. The van der Waals surface area contributed by atoms with Crippen molar-refractivity contribution in [3.05, 3.63) is 30.7 Å². The van der Waals surface area contributed by atoms with E-state index in [9.17, 15) is 0 Å². The Morgan fingerprint density at radius 3 is 2.83 bits per heavy atom. The molecule has 0 aromatic heterocycles. The Morgan fingerprint density at radius 1 is 1.75 bits per heavy atom. The number of allylic oxidation sites excluding steroid dienone is 2. The second-order valence-electron chi connectivity index (χ2n) is 2.41. The van der Waals surface area contributed by atoms with Gasteiger partial charge in [-0.2, -0.15) is 9.90 Å². The second-order valence-corrected chi connectivity index (χ2v) is 2.41. The van der Waals surface area contributed by atoms with Crippen LogP contribution in [0, 0.1) is 6.42 Å². The van der Waals surface area contributed by atoms with Gasteiger partial charge in [-0.15, -0.1) is 25.2 Å². The first-order valence-electron chi connectivity index (χ1n) is 3.44. The first-order chi connectivity index (χ1) is 4.83. The van der Waals surface area contributed by atoms with Crippen molar-refractivity contribution in [2.75, 3.05) is 6.61 Å². The zero-order valence-corrected chi connectivity index (χ0v) is 10.9. The van der Waals surface area contributed by atoms with E-state index in [1.54, 1.807) is 0 Å². The standard InChI is InChI=1S/C9H12O.Au.H3P/c1-3-4-5-9-6-8(2)7-10-9;;/h3,5-6H,1,4,7H2,2H3;;1H3/q;+1;. The third-order valence-corrected chi connectivity index (χ3v) is 1.34. The molecule has 0 aromatic rings. The molecule has 3 heteroatoms. The van der Waals surface area contributed by atoms with Crippen LogP contribution in [0.4, 0.5) is 0 Å². The summed E-state index contributed by atoms with van der Waals surface area (Å²) in [5.74, 6) is 0.984. The summed E-state index contributed by atoms with van der Waals surface area (Å²) in [5, 5.41) is 0. The summed E-state index contributed by atoms with van der Waals surface area (Å²) in [5.41, 5.74) is 1.29. The van der Waals surface area contributed by atoms with Crippen LogP contribution in [0.1, 0.15) is 13.3 Å². The second kappa shape index (κ2) is 7.82. The third-order valence-electron chi connectivity index (χ3n) is 1.34. The van der Waals surface area contributed by atoms with Crippen LogP contribution in [-0.2, 0) is 26.8 Å². The molecule has 0 radical (unpaired) electrons. The molecule has 0 saturated carbocycles. The van der Waals surface area contributed by atoms with Crippen molar-refractivity contribution in [1.82, 2.24) is 0 Å². The van der Waals surface area contributed by atoms with Gasteiger partial charge >= 0.3 is 22.4 Å². The molecule has 0 spiro atoms. The van der Waals surface area contributed by atoms with Gasteiger partial charge in [-0.1, -0.05) is 18.9 Å². The van der Waals surface area contributed by atoms with E-state index >= 15 is 0 Å². The van der Waals surface area contributed by atoms with E-state index in [1.165, 1.54) is 5.57 Å². The van der Waals surface area contributed by atoms with E-state index in [0.717, 1.165) is 18.8 Å². The molecule has 0 amide bonds. The fourth-order valence-electron chi connectivity index (χ4n) is 0.841. The summed E-state index contributed by atoms with van der Waals surface area (Å²) < 4.78 is 5.29. The van der Waals surface area contributed by atoms with Crippen molar-refractivity contribution in [2.45, 2.75) is 13.3 Å². The van der Waals surface area contributed by atoms with Crippen LogP contribution < -0.4 is 0 Å². The zero-order chi connectivity index (χ0) is 7.40. The SMILES string of the molecule is C=CC[CH-]C1=[O+]CC(C)=C1.P.[Au+]. The molecule has 12 heavy (non-hydrogen) atoms. The monoisotopic (exact) mass is 367 g/mol. The van der Waals surface area contributed by atoms with E-state index in [1.807, 2.05) is 12.5 Å². The smallest absolute Gasteiger partial charge is 0.291 e. The maximum atomic E-state index is 5.29. The third kappa shape index (κ3) is 4.95. The molecule has 0 saturated heterocycles. The average Bonchev–Trinajstić information content (AvgIpc) is 2.31. The summed E-state index contributed by atoms with van der Waals surface area (Å²) in [4.78, 5) is 0. The summed E-state index contributed by atoms with van der Waals surface area (Å²) in [6, 6.07) is 0. The van der Waals surface area contributed by atoms with E-state index in [4.69, 9.17) is 4.42 Å². The molecule has 0 N–H and O–H groups in total. The number of rotatable bonds is 3. The minimum absolute atomic E-state index is 0. The van der Waals surface area contributed by atoms with Crippen molar-refractivity contribution >= 4 is 15.7 Å². The molecule has 1 heterocycles. The molecular weight excluding hydrogens is 352 g/mol. The predicted molar refractivity (Wildman–Crippen MR) is 53.9 cm³/mol. The molecule has 0 fully saturated rings. The normalized spacial score (nSPS) is 13.4. The minimum Gasteiger partial charge on any atom is -0.291 e. The maximum absolute atomic E-state index is 5.29. The zero-order valence-electron chi connectivity index (χ0n) is 7.27. The predicted octanol–water partition coefficient (Wildman–Crippen LogP) is 1.89. The van der Waals surface area contributed by atoms with Crippen LogP contribution in [0.25, 0.3) is 0 Å². The van der Waals surface area contributed by atoms with Crippen LogP contribution >= 0.6 is 9.90 Å². The molecule has 1 aliphatic heterocycles. The van der Waals surface area contributed by atoms with Crippen molar-refractivity contribution in [3.63, 3.8) is 0 Å². The van der Waals surface area contributed by atoms with Crippen molar-refractivity contribution in [3.8, 4) is 0 Å². The maximum Gasteiger partial charge on any atom is 1.00 e. The average molecular weight is 367 g/mol. The Morgan fingerprint density at radius 2 is 2.42 bits per heavy atom. The Hall–Kier alpha value is 0.190. The minimum atomic E-state index is 0. The fraction of sp³-hybridized carbons (Fsp3) is 0.333. The van der Waals surface area contributed by atoms with E-state index < -0.39 is 0 Å². The molecule has 0 bridgehead atoms. The van der Waals surface area contributed by atoms with Crippen LogP contribution in [0.15, 0.2) is 24.3 Å². The molecular formula is C9H15AuOP+. The van der Waals surface area contributed by atoms with Gasteiger partial charge in [0.2, 0.25) is 0 Å². The van der Waals surface area contributed by atoms with Gasteiger partial charge in [-0.05, 0) is 0 Å². The Labute approximate surface area is 93.1 Å². The molecule has 1 unspecified atom stereocenters. The van der Waals surface area contributed by atoms with Crippen molar-refractivity contribution < 1.29 is 26.8 Å². The van der Waals surface area contributed by atoms with Gasteiger partial charge in [0, 0.05) is 0 Å². The van der Waals surface area contributed by atoms with Gasteiger partial charge in [0.15, 0.2) is 5.78 Å². The van der Waals surface area contributed by atoms with E-state index in [-0.39, 0.29) is 32.3 Å². The molecule has 1 atom stereocenters. The Bertz CT molecular complexity index is 197. The number of hydrogen-bond acceptors (Lipinski definition) is 0. The molecule has 1 rings (SSSR count). The van der Waals surface area contributed by atoms with E-state index in [0.29, 0.717) is 0 Å². The first-order valence-corrected chi connectivity index (χ1v) is 3.44. The number of ketones is 1. The topological polar surface area (TPSA) is 11.3 Å². The van der Waals surface area contributed by atoms with Crippen LogP contribution in [-0.4, -0.2) is 12.4 Å². The molecule has 1 aliphatic rings.